The molecule has 4 heteroatoms. The predicted molar refractivity (Wildman–Crippen MR) is 65.7 cm³/mol. The number of likely N-dealkylation sites (N-methyl/N-ethyl adjacent to an activating group) is 1. The Labute approximate surface area is 102 Å². The van der Waals surface area contributed by atoms with Crippen molar-refractivity contribution in [1.82, 2.24) is 10.2 Å². The first-order chi connectivity index (χ1) is 8.13. The highest BCUT2D eigenvalue weighted by atomic mass is 16.6. The Kier molecular flexibility index (Phi) is 3.33. The summed E-state index contributed by atoms with van der Waals surface area (Å²) in [6.07, 6.45) is -0.230. The largest absolute Gasteiger partial charge is 0.440 e. The van der Waals surface area contributed by atoms with Gasteiger partial charge < -0.3 is 10.1 Å². The number of carbonyl (C=O) groups is 1. The number of benzene rings is 1. The molecule has 1 heterocycles. The minimum atomic E-state index is -0.416. The van der Waals surface area contributed by atoms with Gasteiger partial charge in [0.25, 0.3) is 0 Å². The molecule has 0 bridgehead atoms. The van der Waals surface area contributed by atoms with Crippen molar-refractivity contribution in [3.8, 4) is 0 Å². The van der Waals surface area contributed by atoms with Crippen LogP contribution < -0.4 is 5.32 Å². The Morgan fingerprint density at radius 2 is 2.12 bits per heavy atom. The van der Waals surface area contributed by atoms with Crippen molar-refractivity contribution in [2.24, 2.45) is 0 Å². The van der Waals surface area contributed by atoms with Gasteiger partial charge in [0.15, 0.2) is 0 Å². The summed E-state index contributed by atoms with van der Waals surface area (Å²) in [5, 5.41) is 3.05. The fraction of sp³-hybridized carbons (Fsp3) is 0.462. The number of rotatable bonds is 4. The number of nitrogens with zero attached hydrogens (tertiary/aromatic N) is 1. The second-order valence-corrected chi connectivity index (χ2v) is 4.69. The van der Waals surface area contributed by atoms with Crippen molar-refractivity contribution >= 4 is 6.09 Å². The van der Waals surface area contributed by atoms with Gasteiger partial charge in [-0.15, -0.1) is 0 Å². The van der Waals surface area contributed by atoms with Gasteiger partial charge in [0.1, 0.15) is 5.60 Å². The first-order valence-electron chi connectivity index (χ1n) is 5.79. The molecule has 1 aliphatic rings. The SMILES string of the molecule is CNCC1(C)CN(Cc2ccccc2)C(=O)O1. The highest BCUT2D eigenvalue weighted by Gasteiger charge is 2.40. The maximum absolute atomic E-state index is 11.7. The molecule has 92 valence electrons. The van der Waals surface area contributed by atoms with Crippen LogP contribution in [-0.2, 0) is 11.3 Å². The number of hydrogen-bond acceptors (Lipinski definition) is 3. The van der Waals surface area contributed by atoms with E-state index in [1.807, 2.05) is 44.3 Å². The standard InChI is InChI=1S/C13H18N2O2/c1-13(9-14-2)10-15(12(16)17-13)8-11-6-4-3-5-7-11/h3-7,14H,8-10H2,1-2H3. The third-order valence-electron chi connectivity index (χ3n) is 2.88. The van der Waals surface area contributed by atoms with Crippen LogP contribution in [0.25, 0.3) is 0 Å². The molecular weight excluding hydrogens is 216 g/mol. The molecule has 17 heavy (non-hydrogen) atoms. The van der Waals surface area contributed by atoms with Crippen LogP contribution in [-0.4, -0.2) is 36.7 Å². The van der Waals surface area contributed by atoms with E-state index in [0.29, 0.717) is 19.6 Å². The molecule has 1 aromatic carbocycles. The number of hydrogen-bond donors (Lipinski definition) is 1. The maximum Gasteiger partial charge on any atom is 0.410 e. The first-order valence-corrected chi connectivity index (χ1v) is 5.79. The Bertz CT molecular complexity index is 394. The summed E-state index contributed by atoms with van der Waals surface area (Å²) in [6, 6.07) is 9.95. The van der Waals surface area contributed by atoms with Gasteiger partial charge >= 0.3 is 6.09 Å². The van der Waals surface area contributed by atoms with Gasteiger partial charge in [-0.2, -0.15) is 0 Å². The van der Waals surface area contributed by atoms with Crippen LogP contribution in [0.1, 0.15) is 12.5 Å². The Morgan fingerprint density at radius 1 is 1.41 bits per heavy atom. The molecule has 1 unspecified atom stereocenters. The maximum atomic E-state index is 11.7. The van der Waals surface area contributed by atoms with Crippen molar-refractivity contribution in [1.29, 1.82) is 0 Å². The van der Waals surface area contributed by atoms with Gasteiger partial charge in [0.05, 0.1) is 6.54 Å². The van der Waals surface area contributed by atoms with E-state index in [1.165, 1.54) is 0 Å². The molecular formula is C13H18N2O2. The molecule has 4 nitrogen and oxygen atoms in total. The third-order valence-corrected chi connectivity index (χ3v) is 2.88. The molecule has 0 spiro atoms. The number of ether oxygens (including phenoxy) is 1. The molecule has 1 atom stereocenters. The number of amides is 1. The van der Waals surface area contributed by atoms with Crippen LogP contribution >= 0.6 is 0 Å². The minimum Gasteiger partial charge on any atom is -0.440 e. The number of cyclic esters (lactones) is 1. The van der Waals surface area contributed by atoms with E-state index >= 15 is 0 Å². The van der Waals surface area contributed by atoms with Crippen LogP contribution in [0.15, 0.2) is 30.3 Å². The zero-order chi connectivity index (χ0) is 12.3. The second kappa shape index (κ2) is 4.75. The molecule has 0 radical (unpaired) electrons. The van der Waals surface area contributed by atoms with E-state index in [4.69, 9.17) is 4.74 Å². The van der Waals surface area contributed by atoms with Crippen molar-refractivity contribution < 1.29 is 9.53 Å². The highest BCUT2D eigenvalue weighted by molar-refractivity contribution is 5.70. The van der Waals surface area contributed by atoms with Crippen molar-refractivity contribution in [3.05, 3.63) is 35.9 Å². The lowest BCUT2D eigenvalue weighted by Gasteiger charge is -2.21. The third kappa shape index (κ3) is 2.77. The van der Waals surface area contributed by atoms with Crippen LogP contribution in [0, 0.1) is 0 Å². The summed E-state index contributed by atoms with van der Waals surface area (Å²) in [7, 11) is 1.86. The van der Waals surface area contributed by atoms with Crippen molar-refractivity contribution in [2.75, 3.05) is 20.1 Å². The molecule has 0 aromatic heterocycles. The van der Waals surface area contributed by atoms with Gasteiger partial charge in [-0.25, -0.2) is 4.79 Å². The van der Waals surface area contributed by atoms with Crippen molar-refractivity contribution in [3.63, 3.8) is 0 Å². The van der Waals surface area contributed by atoms with Crippen LogP contribution in [0.4, 0.5) is 4.79 Å². The van der Waals surface area contributed by atoms with E-state index < -0.39 is 5.60 Å². The molecule has 1 saturated heterocycles. The molecule has 0 aliphatic carbocycles. The summed E-state index contributed by atoms with van der Waals surface area (Å²) in [4.78, 5) is 13.5. The lowest BCUT2D eigenvalue weighted by atomic mass is 10.1. The smallest absolute Gasteiger partial charge is 0.410 e. The van der Waals surface area contributed by atoms with Gasteiger partial charge in [0.2, 0.25) is 0 Å². The van der Waals surface area contributed by atoms with Gasteiger partial charge in [0, 0.05) is 13.1 Å². The first kappa shape index (κ1) is 11.9. The molecule has 1 fully saturated rings. The molecule has 0 saturated carbocycles. The van der Waals surface area contributed by atoms with E-state index in [-0.39, 0.29) is 6.09 Å². The fourth-order valence-corrected chi connectivity index (χ4v) is 2.17. The average Bonchev–Trinajstić information content (AvgIpc) is 2.56. The topological polar surface area (TPSA) is 41.6 Å². The lowest BCUT2D eigenvalue weighted by molar-refractivity contribution is 0.0729. The van der Waals surface area contributed by atoms with E-state index in [1.54, 1.807) is 4.90 Å². The van der Waals surface area contributed by atoms with Crippen molar-refractivity contribution in [2.45, 2.75) is 19.1 Å². The van der Waals surface area contributed by atoms with Gasteiger partial charge in [-0.05, 0) is 19.5 Å². The molecule has 1 aliphatic heterocycles. The van der Waals surface area contributed by atoms with E-state index in [9.17, 15) is 4.79 Å². The van der Waals surface area contributed by atoms with E-state index in [0.717, 1.165) is 5.56 Å². The molecule has 1 N–H and O–H groups in total. The Morgan fingerprint density at radius 3 is 2.76 bits per heavy atom. The Balaban J connectivity index is 2.02. The molecule has 2 rings (SSSR count). The van der Waals surface area contributed by atoms with E-state index in [2.05, 4.69) is 5.32 Å². The summed E-state index contributed by atoms with van der Waals surface area (Å²) < 4.78 is 5.40. The number of nitrogens with one attached hydrogen (secondary N) is 1. The van der Waals surface area contributed by atoms with Crippen LogP contribution in [0.3, 0.4) is 0 Å². The molecule has 1 amide bonds. The summed E-state index contributed by atoms with van der Waals surface area (Å²) in [6.45, 7) is 3.86. The minimum absolute atomic E-state index is 0.230. The van der Waals surface area contributed by atoms with Gasteiger partial charge in [-0.3, -0.25) is 4.90 Å². The normalized spacial score (nSPS) is 23.9. The second-order valence-electron chi connectivity index (χ2n) is 4.69. The monoisotopic (exact) mass is 234 g/mol. The lowest BCUT2D eigenvalue weighted by Crippen LogP contribution is -2.40. The summed E-state index contributed by atoms with van der Waals surface area (Å²) >= 11 is 0. The van der Waals surface area contributed by atoms with Crippen LogP contribution in [0.2, 0.25) is 0 Å². The zero-order valence-electron chi connectivity index (χ0n) is 10.3. The van der Waals surface area contributed by atoms with Crippen LogP contribution in [0.5, 0.6) is 0 Å². The highest BCUT2D eigenvalue weighted by Crippen LogP contribution is 2.23. The van der Waals surface area contributed by atoms with Gasteiger partial charge in [-0.1, -0.05) is 30.3 Å². The summed E-state index contributed by atoms with van der Waals surface area (Å²) in [5.74, 6) is 0. The predicted octanol–water partition coefficient (Wildman–Crippen LogP) is 1.62. The quantitative estimate of drug-likeness (QED) is 0.860. The fourth-order valence-electron chi connectivity index (χ4n) is 2.17. The zero-order valence-corrected chi connectivity index (χ0v) is 10.3. The number of carbonyl (C=O) groups excluding carboxylic acids is 1. The Hall–Kier alpha value is -1.55. The molecule has 1 aromatic rings. The summed E-state index contributed by atoms with van der Waals surface area (Å²) in [5.41, 5.74) is 0.707. The average molecular weight is 234 g/mol.